The van der Waals surface area contributed by atoms with E-state index in [9.17, 15) is 0 Å². The molecule has 1 aliphatic rings. The third kappa shape index (κ3) is 2.22. The number of hydrogen-bond donors (Lipinski definition) is 1. The van der Waals surface area contributed by atoms with E-state index in [1.54, 1.807) is 0 Å². The van der Waals surface area contributed by atoms with Gasteiger partial charge in [0.15, 0.2) is 0 Å². The molecule has 1 aliphatic heterocycles. The third-order valence-corrected chi connectivity index (χ3v) is 5.21. The lowest BCUT2D eigenvalue weighted by molar-refractivity contribution is 0.452. The minimum Gasteiger partial charge on any atom is -0.296 e. The van der Waals surface area contributed by atoms with Crippen LogP contribution < -0.4 is 5.32 Å². The Balaban J connectivity index is 2.21. The molecule has 1 N–H and O–H groups in total. The van der Waals surface area contributed by atoms with Crippen molar-refractivity contribution in [2.24, 2.45) is 0 Å². The van der Waals surface area contributed by atoms with Crippen LogP contribution >= 0.6 is 46.3 Å². The maximum atomic E-state index is 6.10. The second kappa shape index (κ2) is 3.87. The number of hydrogen-bond acceptors (Lipinski definition) is 3. The van der Waals surface area contributed by atoms with E-state index < -0.39 is 0 Å². The fourth-order valence-electron chi connectivity index (χ4n) is 1.43. The Labute approximate surface area is 102 Å². The molecule has 0 aliphatic carbocycles. The summed E-state index contributed by atoms with van der Waals surface area (Å²) in [6.45, 7) is 4.39. The van der Waals surface area contributed by atoms with E-state index in [2.05, 4.69) is 19.2 Å². The summed E-state index contributed by atoms with van der Waals surface area (Å²) in [6, 6.07) is 1.96. The maximum Gasteiger partial charge on any atom is 0.100 e. The molecule has 1 atom stereocenters. The van der Waals surface area contributed by atoms with Crippen LogP contribution in [0.2, 0.25) is 8.67 Å². The lowest BCUT2D eigenvalue weighted by Crippen LogP contribution is -2.35. The zero-order chi connectivity index (χ0) is 10.3. The third-order valence-electron chi connectivity index (χ3n) is 2.10. The van der Waals surface area contributed by atoms with Crippen molar-refractivity contribution in [2.75, 3.05) is 5.75 Å². The summed E-state index contributed by atoms with van der Waals surface area (Å²) < 4.78 is 1.56. The Morgan fingerprint density at radius 1 is 1.50 bits per heavy atom. The molecule has 78 valence electrons. The molecule has 1 nitrogen and oxygen atoms in total. The normalized spacial score (nSPS) is 25.6. The topological polar surface area (TPSA) is 12.0 Å². The van der Waals surface area contributed by atoms with Gasteiger partial charge in [0.1, 0.15) is 4.34 Å². The zero-order valence-electron chi connectivity index (χ0n) is 7.93. The van der Waals surface area contributed by atoms with Crippen LogP contribution in [0.5, 0.6) is 0 Å². The minimum atomic E-state index is 0.188. The van der Waals surface area contributed by atoms with Crippen molar-refractivity contribution in [1.82, 2.24) is 5.32 Å². The first-order chi connectivity index (χ1) is 6.48. The predicted octanol–water partition coefficient (Wildman–Crippen LogP) is 4.17. The second-order valence-electron chi connectivity index (χ2n) is 4.00. The molecule has 0 radical (unpaired) electrons. The summed E-state index contributed by atoms with van der Waals surface area (Å²) in [5, 5.41) is 3.82. The van der Waals surface area contributed by atoms with Gasteiger partial charge in [0, 0.05) is 16.9 Å². The van der Waals surface area contributed by atoms with Crippen LogP contribution in [-0.2, 0) is 0 Å². The number of halogens is 2. The summed E-state index contributed by atoms with van der Waals surface area (Å²) in [4.78, 5) is 0. The van der Waals surface area contributed by atoms with Crippen LogP contribution in [0.25, 0.3) is 0 Å². The summed E-state index contributed by atoms with van der Waals surface area (Å²) in [7, 11) is 0. The van der Waals surface area contributed by atoms with Gasteiger partial charge < -0.3 is 0 Å². The largest absolute Gasteiger partial charge is 0.296 e. The number of thiophene rings is 1. The number of thioether (sulfide) groups is 1. The standard InChI is InChI=1S/C9H11Cl2NS2/c1-9(2)4-13-8(12-9)5-3-6(10)14-7(5)11/h3,8,12H,4H2,1-2H3. The van der Waals surface area contributed by atoms with E-state index in [0.29, 0.717) is 5.37 Å². The molecule has 14 heavy (non-hydrogen) atoms. The average molecular weight is 268 g/mol. The van der Waals surface area contributed by atoms with Crippen LogP contribution in [0.1, 0.15) is 24.8 Å². The lowest BCUT2D eigenvalue weighted by atomic mass is 10.1. The van der Waals surface area contributed by atoms with Crippen LogP contribution in [0.3, 0.4) is 0 Å². The molecule has 1 aromatic rings. The zero-order valence-corrected chi connectivity index (χ0v) is 11.1. The Morgan fingerprint density at radius 3 is 2.64 bits per heavy atom. The minimum absolute atomic E-state index is 0.188. The van der Waals surface area contributed by atoms with Crippen LogP contribution in [0.4, 0.5) is 0 Å². The first-order valence-corrected chi connectivity index (χ1v) is 6.94. The molecule has 1 saturated heterocycles. The first-order valence-electron chi connectivity index (χ1n) is 4.32. The first kappa shape index (κ1) is 11.1. The van der Waals surface area contributed by atoms with Gasteiger partial charge in [0.2, 0.25) is 0 Å². The van der Waals surface area contributed by atoms with Crippen LogP contribution in [0.15, 0.2) is 6.07 Å². The molecular weight excluding hydrogens is 257 g/mol. The molecule has 0 amide bonds. The van der Waals surface area contributed by atoms with E-state index in [1.165, 1.54) is 11.3 Å². The quantitative estimate of drug-likeness (QED) is 0.820. The highest BCUT2D eigenvalue weighted by molar-refractivity contribution is 7.99. The summed E-state index contributed by atoms with van der Waals surface area (Å²) in [5.74, 6) is 1.10. The molecular formula is C9H11Cl2NS2. The van der Waals surface area contributed by atoms with Crippen LogP contribution in [-0.4, -0.2) is 11.3 Å². The Morgan fingerprint density at radius 2 is 2.21 bits per heavy atom. The highest BCUT2D eigenvalue weighted by Crippen LogP contribution is 2.43. The molecule has 1 fully saturated rings. The Kier molecular flexibility index (Phi) is 3.07. The second-order valence-corrected chi connectivity index (χ2v) is 7.38. The van der Waals surface area contributed by atoms with Crippen molar-refractivity contribution < 1.29 is 0 Å². The predicted molar refractivity (Wildman–Crippen MR) is 66.8 cm³/mol. The van der Waals surface area contributed by atoms with Gasteiger partial charge >= 0.3 is 0 Å². The van der Waals surface area contributed by atoms with Crippen molar-refractivity contribution in [3.63, 3.8) is 0 Å². The fourth-order valence-corrected chi connectivity index (χ4v) is 4.54. The fraction of sp³-hybridized carbons (Fsp3) is 0.556. The highest BCUT2D eigenvalue weighted by Gasteiger charge is 2.33. The van der Waals surface area contributed by atoms with Gasteiger partial charge in [-0.05, 0) is 19.9 Å². The molecule has 0 saturated carbocycles. The van der Waals surface area contributed by atoms with E-state index in [1.807, 2.05) is 17.8 Å². The van der Waals surface area contributed by atoms with E-state index in [0.717, 1.165) is 20.0 Å². The lowest BCUT2D eigenvalue weighted by Gasteiger charge is -2.18. The molecule has 2 heterocycles. The monoisotopic (exact) mass is 267 g/mol. The van der Waals surface area contributed by atoms with Gasteiger partial charge in [-0.3, -0.25) is 5.32 Å². The van der Waals surface area contributed by atoms with Gasteiger partial charge in [-0.25, -0.2) is 0 Å². The molecule has 0 spiro atoms. The molecule has 2 rings (SSSR count). The van der Waals surface area contributed by atoms with Crippen molar-refractivity contribution in [1.29, 1.82) is 0 Å². The van der Waals surface area contributed by atoms with Gasteiger partial charge in [-0.1, -0.05) is 23.2 Å². The maximum absolute atomic E-state index is 6.10. The van der Waals surface area contributed by atoms with Gasteiger partial charge in [0.05, 0.1) is 9.71 Å². The molecule has 1 aromatic heterocycles. The molecule has 5 heteroatoms. The van der Waals surface area contributed by atoms with Gasteiger partial charge in [-0.15, -0.1) is 23.1 Å². The van der Waals surface area contributed by atoms with Gasteiger partial charge in [0.25, 0.3) is 0 Å². The van der Waals surface area contributed by atoms with E-state index >= 15 is 0 Å². The molecule has 0 aromatic carbocycles. The van der Waals surface area contributed by atoms with Crippen molar-refractivity contribution in [3.05, 3.63) is 20.3 Å². The van der Waals surface area contributed by atoms with Gasteiger partial charge in [-0.2, -0.15) is 0 Å². The average Bonchev–Trinajstić information content (AvgIpc) is 2.55. The van der Waals surface area contributed by atoms with E-state index in [-0.39, 0.29) is 5.54 Å². The van der Waals surface area contributed by atoms with Crippen molar-refractivity contribution >= 4 is 46.3 Å². The highest BCUT2D eigenvalue weighted by atomic mass is 35.5. The summed E-state index contributed by atoms with van der Waals surface area (Å²) in [6.07, 6.45) is 0. The smallest absolute Gasteiger partial charge is 0.100 e. The number of nitrogens with one attached hydrogen (secondary N) is 1. The Hall–Kier alpha value is 0.590. The van der Waals surface area contributed by atoms with E-state index in [4.69, 9.17) is 23.2 Å². The van der Waals surface area contributed by atoms with Crippen molar-refractivity contribution in [3.8, 4) is 0 Å². The van der Waals surface area contributed by atoms with Crippen molar-refractivity contribution in [2.45, 2.75) is 24.8 Å². The van der Waals surface area contributed by atoms with Crippen LogP contribution in [0, 0.1) is 0 Å². The summed E-state index contributed by atoms with van der Waals surface area (Å²) >= 11 is 15.3. The Bertz CT molecular complexity index is 349. The molecule has 0 bridgehead atoms. The number of rotatable bonds is 1. The SMILES string of the molecule is CC1(C)CSC(c2cc(Cl)sc2Cl)N1. The molecule has 1 unspecified atom stereocenters. The summed E-state index contributed by atoms with van der Waals surface area (Å²) in [5.41, 5.74) is 1.31.